The maximum Gasteiger partial charge on any atom is 0.355 e. The van der Waals surface area contributed by atoms with Crippen LogP contribution in [0.4, 0.5) is 0 Å². The molecule has 0 aliphatic heterocycles. The van der Waals surface area contributed by atoms with Gasteiger partial charge in [-0.1, -0.05) is 33.6 Å². The molecular weight excluding hydrogens is 246 g/mol. The lowest BCUT2D eigenvalue weighted by molar-refractivity contribution is 0.0689. The standard InChI is InChI=1S/C14H21NO2S/c1-8(2)13-15-11(14(16)17)12(18-13)10-6-4-5-9(3)7-10/h8-10H,4-7H2,1-3H3,(H,16,17). The minimum Gasteiger partial charge on any atom is -0.476 e. The zero-order chi connectivity index (χ0) is 13.3. The molecule has 0 radical (unpaired) electrons. The number of hydrogen-bond donors (Lipinski definition) is 1. The predicted octanol–water partition coefficient (Wildman–Crippen LogP) is 4.26. The maximum absolute atomic E-state index is 11.3. The average molecular weight is 267 g/mol. The molecule has 4 heteroatoms. The van der Waals surface area contributed by atoms with E-state index in [9.17, 15) is 9.90 Å². The number of aromatic carboxylic acids is 1. The highest BCUT2D eigenvalue weighted by Crippen LogP contribution is 2.41. The van der Waals surface area contributed by atoms with Crippen molar-refractivity contribution < 1.29 is 9.90 Å². The minimum atomic E-state index is -0.869. The van der Waals surface area contributed by atoms with Gasteiger partial charge in [0.2, 0.25) is 0 Å². The SMILES string of the molecule is CC1CCCC(c2sc(C(C)C)nc2C(=O)O)C1. The summed E-state index contributed by atoms with van der Waals surface area (Å²) in [5.41, 5.74) is 0.308. The molecule has 0 bridgehead atoms. The van der Waals surface area contributed by atoms with Crippen molar-refractivity contribution in [2.75, 3.05) is 0 Å². The van der Waals surface area contributed by atoms with Crippen LogP contribution in [0, 0.1) is 5.92 Å². The quantitative estimate of drug-likeness (QED) is 0.890. The molecule has 1 fully saturated rings. The van der Waals surface area contributed by atoms with Crippen molar-refractivity contribution in [2.45, 2.75) is 58.3 Å². The van der Waals surface area contributed by atoms with Gasteiger partial charge in [-0.2, -0.15) is 0 Å². The third kappa shape index (κ3) is 2.74. The number of rotatable bonds is 3. The molecule has 3 nitrogen and oxygen atoms in total. The van der Waals surface area contributed by atoms with Crippen molar-refractivity contribution in [1.29, 1.82) is 0 Å². The average Bonchev–Trinajstić information content (AvgIpc) is 2.73. The lowest BCUT2D eigenvalue weighted by atomic mass is 9.81. The first kappa shape index (κ1) is 13.5. The number of thiazole rings is 1. The molecule has 1 aromatic heterocycles. The largest absolute Gasteiger partial charge is 0.476 e. The van der Waals surface area contributed by atoms with Crippen molar-refractivity contribution in [3.05, 3.63) is 15.6 Å². The molecule has 2 rings (SSSR count). The van der Waals surface area contributed by atoms with E-state index in [1.807, 2.05) is 0 Å². The smallest absolute Gasteiger partial charge is 0.355 e. The second-order valence-corrected chi connectivity index (χ2v) is 6.76. The van der Waals surface area contributed by atoms with Gasteiger partial charge in [0.1, 0.15) is 0 Å². The second-order valence-electron chi connectivity index (χ2n) is 5.69. The van der Waals surface area contributed by atoms with Gasteiger partial charge in [-0.05, 0) is 24.7 Å². The van der Waals surface area contributed by atoms with Crippen LogP contribution in [0.3, 0.4) is 0 Å². The normalized spacial score (nSPS) is 24.4. The van der Waals surface area contributed by atoms with Gasteiger partial charge < -0.3 is 5.11 Å². The van der Waals surface area contributed by atoms with Gasteiger partial charge in [0.05, 0.1) is 5.01 Å². The van der Waals surface area contributed by atoms with E-state index in [0.29, 0.717) is 23.4 Å². The first-order chi connectivity index (χ1) is 8.49. The summed E-state index contributed by atoms with van der Waals surface area (Å²) in [4.78, 5) is 16.7. The van der Waals surface area contributed by atoms with Gasteiger partial charge in [0, 0.05) is 10.8 Å². The van der Waals surface area contributed by atoms with E-state index in [4.69, 9.17) is 0 Å². The van der Waals surface area contributed by atoms with Crippen molar-refractivity contribution >= 4 is 17.3 Å². The van der Waals surface area contributed by atoms with Gasteiger partial charge in [0.15, 0.2) is 5.69 Å². The van der Waals surface area contributed by atoms with E-state index in [1.54, 1.807) is 11.3 Å². The first-order valence-corrected chi connectivity index (χ1v) is 7.54. The van der Waals surface area contributed by atoms with Crippen LogP contribution in [-0.4, -0.2) is 16.1 Å². The van der Waals surface area contributed by atoms with Crippen LogP contribution < -0.4 is 0 Å². The molecule has 0 spiro atoms. The molecule has 18 heavy (non-hydrogen) atoms. The fraction of sp³-hybridized carbons (Fsp3) is 0.714. The van der Waals surface area contributed by atoms with Gasteiger partial charge in [0.25, 0.3) is 0 Å². The summed E-state index contributed by atoms with van der Waals surface area (Å²) in [6, 6.07) is 0. The van der Waals surface area contributed by atoms with Crippen LogP contribution in [0.2, 0.25) is 0 Å². The predicted molar refractivity (Wildman–Crippen MR) is 73.5 cm³/mol. The molecule has 1 saturated carbocycles. The van der Waals surface area contributed by atoms with Gasteiger partial charge in [-0.15, -0.1) is 11.3 Å². The highest BCUT2D eigenvalue weighted by atomic mass is 32.1. The lowest BCUT2D eigenvalue weighted by Crippen LogP contribution is -2.13. The zero-order valence-electron chi connectivity index (χ0n) is 11.3. The number of nitrogens with zero attached hydrogens (tertiary/aromatic N) is 1. The fourth-order valence-corrected chi connectivity index (χ4v) is 3.91. The summed E-state index contributed by atoms with van der Waals surface area (Å²) >= 11 is 1.61. The van der Waals surface area contributed by atoms with Crippen molar-refractivity contribution in [2.24, 2.45) is 5.92 Å². The fourth-order valence-electron chi connectivity index (χ4n) is 2.70. The van der Waals surface area contributed by atoms with Crippen LogP contribution in [0.25, 0.3) is 0 Å². The van der Waals surface area contributed by atoms with Crippen LogP contribution in [0.1, 0.15) is 78.7 Å². The summed E-state index contributed by atoms with van der Waals surface area (Å²) in [7, 11) is 0. The lowest BCUT2D eigenvalue weighted by Gasteiger charge is -2.25. The van der Waals surface area contributed by atoms with Crippen LogP contribution in [-0.2, 0) is 0 Å². The van der Waals surface area contributed by atoms with Gasteiger partial charge >= 0.3 is 5.97 Å². The summed E-state index contributed by atoms with van der Waals surface area (Å²) in [6.07, 6.45) is 4.71. The summed E-state index contributed by atoms with van der Waals surface area (Å²) in [5.74, 6) is 0.550. The number of carboxylic acids is 1. The highest BCUT2D eigenvalue weighted by molar-refractivity contribution is 7.12. The van der Waals surface area contributed by atoms with E-state index >= 15 is 0 Å². The number of carboxylic acid groups (broad SMARTS) is 1. The van der Waals surface area contributed by atoms with E-state index in [1.165, 1.54) is 12.8 Å². The molecule has 1 aliphatic rings. The highest BCUT2D eigenvalue weighted by Gasteiger charge is 2.28. The topological polar surface area (TPSA) is 50.2 Å². The summed E-state index contributed by atoms with van der Waals surface area (Å²) in [6.45, 7) is 6.40. The van der Waals surface area contributed by atoms with E-state index in [-0.39, 0.29) is 0 Å². The van der Waals surface area contributed by atoms with E-state index in [2.05, 4.69) is 25.8 Å². The molecule has 100 valence electrons. The van der Waals surface area contributed by atoms with E-state index < -0.39 is 5.97 Å². The van der Waals surface area contributed by atoms with Crippen LogP contribution in [0.5, 0.6) is 0 Å². The second kappa shape index (κ2) is 5.39. The zero-order valence-corrected chi connectivity index (χ0v) is 12.1. The Hall–Kier alpha value is -0.900. The van der Waals surface area contributed by atoms with Gasteiger partial charge in [-0.25, -0.2) is 9.78 Å². The molecule has 1 aromatic rings. The molecule has 1 heterocycles. The Kier molecular flexibility index (Phi) is 4.05. The maximum atomic E-state index is 11.3. The molecule has 1 N–H and O–H groups in total. The molecule has 2 unspecified atom stereocenters. The van der Waals surface area contributed by atoms with E-state index in [0.717, 1.165) is 22.7 Å². The van der Waals surface area contributed by atoms with Crippen LogP contribution in [0.15, 0.2) is 0 Å². The molecule has 2 atom stereocenters. The number of aromatic nitrogens is 1. The Balaban J connectivity index is 2.32. The summed E-state index contributed by atoms with van der Waals surface area (Å²) < 4.78 is 0. The minimum absolute atomic E-state index is 0.308. The van der Waals surface area contributed by atoms with Crippen molar-refractivity contribution in [1.82, 2.24) is 4.98 Å². The Bertz CT molecular complexity index is 439. The Morgan fingerprint density at radius 2 is 2.17 bits per heavy atom. The monoisotopic (exact) mass is 267 g/mol. The molecule has 1 aliphatic carbocycles. The molecular formula is C14H21NO2S. The first-order valence-electron chi connectivity index (χ1n) is 6.73. The molecule has 0 amide bonds. The van der Waals surface area contributed by atoms with Crippen molar-refractivity contribution in [3.63, 3.8) is 0 Å². The van der Waals surface area contributed by atoms with Gasteiger partial charge in [-0.3, -0.25) is 0 Å². The third-order valence-corrected chi connectivity index (χ3v) is 5.19. The summed E-state index contributed by atoms with van der Waals surface area (Å²) in [5, 5.41) is 10.3. The van der Waals surface area contributed by atoms with Crippen molar-refractivity contribution in [3.8, 4) is 0 Å². The molecule has 0 aromatic carbocycles. The number of carbonyl (C=O) groups is 1. The molecule has 0 saturated heterocycles. The third-order valence-electron chi connectivity index (χ3n) is 3.67. The van der Waals surface area contributed by atoms with Crippen LogP contribution >= 0.6 is 11.3 Å². The Morgan fingerprint density at radius 1 is 1.44 bits per heavy atom. The number of hydrogen-bond acceptors (Lipinski definition) is 3. The Labute approximate surface area is 112 Å². The Morgan fingerprint density at radius 3 is 2.72 bits per heavy atom.